The molecule has 2 aromatic carbocycles. The van der Waals surface area contributed by atoms with E-state index in [-0.39, 0.29) is 12.3 Å². The SMILES string of the molecule is Cc1ccc(-c2nnc(CCC(=O)NCc3ccnc(OCc4ccccc4)c3)o2)cc1. The largest absolute Gasteiger partial charge is 0.473 e. The summed E-state index contributed by atoms with van der Waals surface area (Å²) in [5.41, 5.74) is 4.01. The summed E-state index contributed by atoms with van der Waals surface area (Å²) in [6.45, 7) is 2.85. The van der Waals surface area contributed by atoms with Crippen LogP contribution in [0, 0.1) is 6.92 Å². The molecule has 0 fully saturated rings. The standard InChI is InChI=1S/C25H24N4O3/c1-18-7-9-21(10-8-18)25-29-28-23(32-25)12-11-22(30)27-16-20-13-14-26-24(15-20)31-17-19-5-3-2-4-6-19/h2-10,13-15H,11-12,16-17H2,1H3,(H,27,30). The van der Waals surface area contributed by atoms with Crippen molar-refractivity contribution in [3.05, 3.63) is 95.5 Å². The first-order valence-electron chi connectivity index (χ1n) is 10.4. The first-order valence-corrected chi connectivity index (χ1v) is 10.4. The van der Waals surface area contributed by atoms with Crippen LogP contribution in [0.3, 0.4) is 0 Å². The number of nitrogens with one attached hydrogen (secondary N) is 1. The normalized spacial score (nSPS) is 10.7. The molecule has 0 aliphatic rings. The molecule has 4 aromatic rings. The highest BCUT2D eigenvalue weighted by Crippen LogP contribution is 2.18. The Kier molecular flexibility index (Phi) is 6.87. The molecule has 2 aromatic heterocycles. The maximum absolute atomic E-state index is 12.3. The zero-order valence-electron chi connectivity index (χ0n) is 17.8. The summed E-state index contributed by atoms with van der Waals surface area (Å²) in [4.78, 5) is 16.5. The molecule has 2 heterocycles. The number of nitrogens with zero attached hydrogens (tertiary/aromatic N) is 3. The molecule has 0 unspecified atom stereocenters. The van der Waals surface area contributed by atoms with E-state index >= 15 is 0 Å². The molecule has 0 spiro atoms. The van der Waals surface area contributed by atoms with Crippen molar-refractivity contribution < 1.29 is 13.9 Å². The smallest absolute Gasteiger partial charge is 0.247 e. The molecule has 162 valence electrons. The predicted octanol–water partition coefficient (Wildman–Crippen LogP) is 4.27. The van der Waals surface area contributed by atoms with E-state index in [0.29, 0.717) is 37.2 Å². The van der Waals surface area contributed by atoms with E-state index in [1.54, 1.807) is 6.20 Å². The van der Waals surface area contributed by atoms with Crippen LogP contribution < -0.4 is 10.1 Å². The Balaban J connectivity index is 1.23. The Morgan fingerprint density at radius 3 is 2.62 bits per heavy atom. The summed E-state index contributed by atoms with van der Waals surface area (Å²) >= 11 is 0. The first kappa shape index (κ1) is 21.2. The van der Waals surface area contributed by atoms with Crippen molar-refractivity contribution in [1.82, 2.24) is 20.5 Å². The molecule has 0 atom stereocenters. The molecule has 7 heteroatoms. The van der Waals surface area contributed by atoms with Gasteiger partial charge in [-0.3, -0.25) is 4.79 Å². The lowest BCUT2D eigenvalue weighted by molar-refractivity contribution is -0.121. The van der Waals surface area contributed by atoms with Crippen LogP contribution in [0.25, 0.3) is 11.5 Å². The lowest BCUT2D eigenvalue weighted by Crippen LogP contribution is -2.23. The number of aromatic nitrogens is 3. The average Bonchev–Trinajstić information content (AvgIpc) is 3.31. The highest BCUT2D eigenvalue weighted by Gasteiger charge is 2.11. The van der Waals surface area contributed by atoms with Gasteiger partial charge in [0.2, 0.25) is 23.6 Å². The van der Waals surface area contributed by atoms with Gasteiger partial charge in [-0.05, 0) is 36.2 Å². The van der Waals surface area contributed by atoms with E-state index in [9.17, 15) is 4.79 Å². The van der Waals surface area contributed by atoms with Gasteiger partial charge in [-0.1, -0.05) is 48.0 Å². The van der Waals surface area contributed by atoms with Crippen LogP contribution in [0.5, 0.6) is 5.88 Å². The molecule has 0 aliphatic heterocycles. The van der Waals surface area contributed by atoms with Crippen LogP contribution in [-0.2, 0) is 24.4 Å². The van der Waals surface area contributed by atoms with Gasteiger partial charge in [-0.15, -0.1) is 10.2 Å². The predicted molar refractivity (Wildman–Crippen MR) is 120 cm³/mol. The molecule has 1 N–H and O–H groups in total. The van der Waals surface area contributed by atoms with Crippen molar-refractivity contribution in [3.8, 4) is 17.3 Å². The Morgan fingerprint density at radius 2 is 1.81 bits per heavy atom. The van der Waals surface area contributed by atoms with Crippen LogP contribution >= 0.6 is 0 Å². The summed E-state index contributed by atoms with van der Waals surface area (Å²) < 4.78 is 11.4. The quantitative estimate of drug-likeness (QED) is 0.428. The van der Waals surface area contributed by atoms with Crippen LogP contribution in [-0.4, -0.2) is 21.1 Å². The van der Waals surface area contributed by atoms with Crippen molar-refractivity contribution >= 4 is 5.91 Å². The van der Waals surface area contributed by atoms with Gasteiger partial charge < -0.3 is 14.5 Å². The maximum atomic E-state index is 12.3. The van der Waals surface area contributed by atoms with Crippen molar-refractivity contribution in [3.63, 3.8) is 0 Å². The van der Waals surface area contributed by atoms with Crippen LogP contribution in [0.4, 0.5) is 0 Å². The van der Waals surface area contributed by atoms with Gasteiger partial charge in [-0.2, -0.15) is 0 Å². The fraction of sp³-hybridized carbons (Fsp3) is 0.200. The number of hydrogen-bond acceptors (Lipinski definition) is 6. The molecule has 0 saturated carbocycles. The third kappa shape index (κ3) is 6.01. The molecule has 7 nitrogen and oxygen atoms in total. The topological polar surface area (TPSA) is 90.1 Å². The Labute approximate surface area is 186 Å². The lowest BCUT2D eigenvalue weighted by Gasteiger charge is -2.08. The Morgan fingerprint density at radius 1 is 1.00 bits per heavy atom. The highest BCUT2D eigenvalue weighted by molar-refractivity contribution is 5.76. The van der Waals surface area contributed by atoms with Gasteiger partial charge in [0.25, 0.3) is 0 Å². The molecule has 1 amide bonds. The number of carbonyl (C=O) groups is 1. The fourth-order valence-electron chi connectivity index (χ4n) is 3.05. The second-order valence-electron chi connectivity index (χ2n) is 7.42. The van der Waals surface area contributed by atoms with E-state index < -0.39 is 0 Å². The molecule has 0 radical (unpaired) electrons. The summed E-state index contributed by atoms with van der Waals surface area (Å²) in [5, 5.41) is 11.0. The average molecular weight is 428 g/mol. The highest BCUT2D eigenvalue weighted by atomic mass is 16.5. The van der Waals surface area contributed by atoms with Gasteiger partial charge in [0.05, 0.1) is 0 Å². The van der Waals surface area contributed by atoms with Gasteiger partial charge in [0.1, 0.15) is 6.61 Å². The van der Waals surface area contributed by atoms with Crippen molar-refractivity contribution in [2.24, 2.45) is 0 Å². The zero-order chi connectivity index (χ0) is 22.2. The minimum absolute atomic E-state index is 0.0938. The van der Waals surface area contributed by atoms with Gasteiger partial charge in [0, 0.05) is 37.2 Å². The minimum Gasteiger partial charge on any atom is -0.473 e. The lowest BCUT2D eigenvalue weighted by atomic mass is 10.1. The van der Waals surface area contributed by atoms with E-state index in [1.165, 1.54) is 0 Å². The molecule has 0 bridgehead atoms. The number of rotatable bonds is 9. The number of hydrogen-bond donors (Lipinski definition) is 1. The van der Waals surface area contributed by atoms with Crippen molar-refractivity contribution in [2.45, 2.75) is 32.9 Å². The summed E-state index contributed by atoms with van der Waals surface area (Å²) in [6.07, 6.45) is 2.32. The van der Waals surface area contributed by atoms with Crippen molar-refractivity contribution in [2.75, 3.05) is 0 Å². The summed E-state index contributed by atoms with van der Waals surface area (Å²) in [5.74, 6) is 1.33. The van der Waals surface area contributed by atoms with E-state index in [0.717, 1.165) is 22.3 Å². The van der Waals surface area contributed by atoms with Crippen LogP contribution in [0.15, 0.2) is 77.3 Å². The zero-order valence-corrected chi connectivity index (χ0v) is 17.8. The Bertz CT molecular complexity index is 1160. The molecule has 4 rings (SSSR count). The minimum atomic E-state index is -0.0938. The molecule has 0 aliphatic carbocycles. The molecular weight excluding hydrogens is 404 g/mol. The number of carbonyl (C=O) groups excluding carboxylic acids is 1. The number of aryl methyl sites for hydroxylation is 2. The fourth-order valence-corrected chi connectivity index (χ4v) is 3.05. The summed E-state index contributed by atoms with van der Waals surface area (Å²) in [6, 6.07) is 21.4. The van der Waals surface area contributed by atoms with Gasteiger partial charge in [-0.25, -0.2) is 4.98 Å². The van der Waals surface area contributed by atoms with Crippen LogP contribution in [0.1, 0.15) is 29.0 Å². The second-order valence-corrected chi connectivity index (χ2v) is 7.42. The third-order valence-electron chi connectivity index (χ3n) is 4.85. The van der Waals surface area contributed by atoms with Gasteiger partial charge >= 0.3 is 0 Å². The number of amides is 1. The number of benzene rings is 2. The number of pyridine rings is 1. The summed E-state index contributed by atoms with van der Waals surface area (Å²) in [7, 11) is 0. The van der Waals surface area contributed by atoms with Crippen molar-refractivity contribution in [1.29, 1.82) is 0 Å². The van der Waals surface area contributed by atoms with E-state index in [2.05, 4.69) is 20.5 Å². The van der Waals surface area contributed by atoms with Crippen LogP contribution in [0.2, 0.25) is 0 Å². The first-order chi connectivity index (χ1) is 15.7. The number of ether oxygens (including phenoxy) is 1. The third-order valence-corrected chi connectivity index (χ3v) is 4.85. The van der Waals surface area contributed by atoms with E-state index in [1.807, 2.05) is 73.7 Å². The maximum Gasteiger partial charge on any atom is 0.247 e. The molecule has 0 saturated heterocycles. The van der Waals surface area contributed by atoms with E-state index in [4.69, 9.17) is 9.15 Å². The Hall–Kier alpha value is -4.00. The molecular formula is C25H24N4O3. The monoisotopic (exact) mass is 428 g/mol. The second kappa shape index (κ2) is 10.3. The molecule has 32 heavy (non-hydrogen) atoms. The van der Waals surface area contributed by atoms with Gasteiger partial charge in [0.15, 0.2) is 0 Å².